The highest BCUT2D eigenvalue weighted by Crippen LogP contribution is 2.27. The van der Waals surface area contributed by atoms with Crippen molar-refractivity contribution in [3.63, 3.8) is 0 Å². The average molecular weight is 447 g/mol. The number of hydrogen-bond acceptors (Lipinski definition) is 4. The van der Waals surface area contributed by atoms with E-state index >= 15 is 0 Å². The van der Waals surface area contributed by atoms with Gasteiger partial charge in [0.15, 0.2) is 0 Å². The molecule has 1 aliphatic rings. The second kappa shape index (κ2) is 11.6. The number of aliphatic hydroxyl groups is 1. The van der Waals surface area contributed by atoms with Crippen LogP contribution in [-0.2, 0) is 6.42 Å². The van der Waals surface area contributed by atoms with Gasteiger partial charge in [0, 0.05) is 45.0 Å². The van der Waals surface area contributed by atoms with E-state index < -0.39 is 17.2 Å². The van der Waals surface area contributed by atoms with E-state index in [0.29, 0.717) is 37.8 Å². The van der Waals surface area contributed by atoms with Gasteiger partial charge in [0.05, 0.1) is 12.2 Å². The summed E-state index contributed by atoms with van der Waals surface area (Å²) in [6.07, 6.45) is 4.84. The Morgan fingerprint density at radius 3 is 2.47 bits per heavy atom. The molecule has 3 rings (SSSR count). The topological polar surface area (TPSA) is 35.9 Å². The highest BCUT2D eigenvalue weighted by Gasteiger charge is 2.32. The summed E-state index contributed by atoms with van der Waals surface area (Å²) in [5, 5.41) is 11.0. The van der Waals surface area contributed by atoms with Crippen molar-refractivity contribution in [2.75, 3.05) is 44.7 Å². The molecule has 0 unspecified atom stereocenters. The Balaban J connectivity index is 1.40. The van der Waals surface area contributed by atoms with E-state index in [9.17, 15) is 13.9 Å². The van der Waals surface area contributed by atoms with E-state index in [1.807, 2.05) is 19.2 Å². The summed E-state index contributed by atoms with van der Waals surface area (Å²) in [7, 11) is 2.04. The van der Waals surface area contributed by atoms with Crippen molar-refractivity contribution >= 4 is 5.69 Å². The van der Waals surface area contributed by atoms with Crippen LogP contribution in [0.1, 0.15) is 44.6 Å². The first-order chi connectivity index (χ1) is 15.4. The fraction of sp³-hybridized carbons (Fsp3) is 0.538. The molecule has 4 nitrogen and oxygen atoms in total. The van der Waals surface area contributed by atoms with Crippen LogP contribution in [0.15, 0.2) is 42.5 Å². The van der Waals surface area contributed by atoms with Gasteiger partial charge in [-0.25, -0.2) is 8.78 Å². The van der Waals surface area contributed by atoms with Crippen LogP contribution < -0.4 is 9.64 Å². The second-order valence-electron chi connectivity index (χ2n) is 8.92. The smallest absolute Gasteiger partial charge is 0.129 e. The molecule has 0 bridgehead atoms. The second-order valence-corrected chi connectivity index (χ2v) is 8.92. The summed E-state index contributed by atoms with van der Waals surface area (Å²) in [4.78, 5) is 4.41. The van der Waals surface area contributed by atoms with E-state index in [4.69, 9.17) is 4.74 Å². The fourth-order valence-electron chi connectivity index (χ4n) is 4.08. The normalized spacial score (nSPS) is 16.2. The summed E-state index contributed by atoms with van der Waals surface area (Å²) >= 11 is 0. The van der Waals surface area contributed by atoms with E-state index in [1.165, 1.54) is 12.1 Å². The predicted molar refractivity (Wildman–Crippen MR) is 125 cm³/mol. The van der Waals surface area contributed by atoms with E-state index in [-0.39, 0.29) is 0 Å². The van der Waals surface area contributed by atoms with Gasteiger partial charge in [0.2, 0.25) is 0 Å². The Labute approximate surface area is 190 Å². The molecule has 176 valence electrons. The predicted octanol–water partition coefficient (Wildman–Crippen LogP) is 5.04. The van der Waals surface area contributed by atoms with Crippen LogP contribution in [0.3, 0.4) is 0 Å². The molecule has 1 N–H and O–H groups in total. The molecule has 0 atom stereocenters. The lowest BCUT2D eigenvalue weighted by Gasteiger charge is -2.39. The number of likely N-dealkylation sites (tertiary alicyclic amines) is 1. The first-order valence-corrected chi connectivity index (χ1v) is 11.7. The highest BCUT2D eigenvalue weighted by molar-refractivity contribution is 5.48. The quantitative estimate of drug-likeness (QED) is 0.491. The van der Waals surface area contributed by atoms with Crippen molar-refractivity contribution in [3.05, 3.63) is 59.7 Å². The minimum atomic E-state index is -0.672. The van der Waals surface area contributed by atoms with Crippen LogP contribution >= 0.6 is 0 Å². The largest absolute Gasteiger partial charge is 0.494 e. The maximum absolute atomic E-state index is 13.8. The number of hydrogen-bond donors (Lipinski definition) is 1. The van der Waals surface area contributed by atoms with Crippen LogP contribution in [0, 0.1) is 11.6 Å². The molecule has 1 aliphatic heterocycles. The summed E-state index contributed by atoms with van der Waals surface area (Å²) < 4.78 is 32.6. The molecule has 0 aliphatic carbocycles. The number of piperidine rings is 1. The summed E-state index contributed by atoms with van der Waals surface area (Å²) in [5.74, 6) is -0.139. The van der Waals surface area contributed by atoms with Crippen LogP contribution in [0.2, 0.25) is 0 Å². The first kappa shape index (κ1) is 24.5. The maximum Gasteiger partial charge on any atom is 0.129 e. The lowest BCUT2D eigenvalue weighted by Crippen LogP contribution is -2.46. The fourth-order valence-corrected chi connectivity index (χ4v) is 4.08. The molecule has 2 aromatic carbocycles. The summed E-state index contributed by atoms with van der Waals surface area (Å²) in [6, 6.07) is 11.9. The number of rotatable bonds is 11. The molecule has 0 saturated carbocycles. The maximum atomic E-state index is 13.8. The lowest BCUT2D eigenvalue weighted by molar-refractivity contribution is -0.0254. The van der Waals surface area contributed by atoms with E-state index in [0.717, 1.165) is 56.6 Å². The third-order valence-electron chi connectivity index (χ3n) is 6.46. The third kappa shape index (κ3) is 7.17. The van der Waals surface area contributed by atoms with Crippen molar-refractivity contribution in [2.45, 2.75) is 51.0 Å². The summed E-state index contributed by atoms with van der Waals surface area (Å²) in [5.41, 5.74) is 0.973. The van der Waals surface area contributed by atoms with Crippen molar-refractivity contribution < 1.29 is 18.6 Å². The van der Waals surface area contributed by atoms with Gasteiger partial charge in [-0.05, 0) is 68.0 Å². The van der Waals surface area contributed by atoms with Gasteiger partial charge >= 0.3 is 0 Å². The highest BCUT2D eigenvalue weighted by atomic mass is 19.1. The Bertz CT molecular complexity index is 836. The van der Waals surface area contributed by atoms with Crippen molar-refractivity contribution in [2.24, 2.45) is 0 Å². The van der Waals surface area contributed by atoms with Gasteiger partial charge in [-0.15, -0.1) is 0 Å². The molecule has 0 aromatic heterocycles. The lowest BCUT2D eigenvalue weighted by atomic mass is 9.88. The number of ether oxygens (including phenoxy) is 1. The number of benzene rings is 2. The Morgan fingerprint density at radius 1 is 1.09 bits per heavy atom. The number of anilines is 1. The standard InChI is InChI=1S/C26H36F2N2O2/c1-3-4-19-32-24-9-7-23(8-10-24)29(2)16-12-26(31)13-17-30(18-14-26)15-11-21-5-6-22(27)20-25(21)28/h5-10,20,31H,3-4,11-19H2,1-2H3. The van der Waals surface area contributed by atoms with Gasteiger partial charge in [-0.1, -0.05) is 19.4 Å². The molecule has 1 heterocycles. The van der Waals surface area contributed by atoms with Crippen LogP contribution in [0.25, 0.3) is 0 Å². The Morgan fingerprint density at radius 2 is 1.81 bits per heavy atom. The minimum absolute atomic E-state index is 0.484. The molecule has 0 spiro atoms. The molecular formula is C26H36F2N2O2. The molecule has 32 heavy (non-hydrogen) atoms. The van der Waals surface area contributed by atoms with Crippen molar-refractivity contribution in [1.29, 1.82) is 0 Å². The van der Waals surface area contributed by atoms with Crippen molar-refractivity contribution in [1.82, 2.24) is 4.90 Å². The molecule has 2 aromatic rings. The molecule has 1 fully saturated rings. The van der Waals surface area contributed by atoms with Crippen LogP contribution in [0.5, 0.6) is 5.75 Å². The zero-order valence-electron chi connectivity index (χ0n) is 19.3. The van der Waals surface area contributed by atoms with E-state index in [1.54, 1.807) is 0 Å². The molecule has 0 amide bonds. The van der Waals surface area contributed by atoms with Gasteiger partial charge in [-0.2, -0.15) is 0 Å². The van der Waals surface area contributed by atoms with Gasteiger partial charge < -0.3 is 19.6 Å². The number of unbranched alkanes of at least 4 members (excludes halogenated alkanes) is 1. The minimum Gasteiger partial charge on any atom is -0.494 e. The van der Waals surface area contributed by atoms with Crippen LogP contribution in [-0.4, -0.2) is 55.4 Å². The molecule has 6 heteroatoms. The Kier molecular flexibility index (Phi) is 8.88. The number of nitrogens with zero attached hydrogens (tertiary/aromatic N) is 2. The van der Waals surface area contributed by atoms with Gasteiger partial charge in [-0.3, -0.25) is 0 Å². The third-order valence-corrected chi connectivity index (χ3v) is 6.46. The monoisotopic (exact) mass is 446 g/mol. The molecule has 1 saturated heterocycles. The molecular weight excluding hydrogens is 410 g/mol. The van der Waals surface area contributed by atoms with Gasteiger partial charge in [0.25, 0.3) is 0 Å². The summed E-state index contributed by atoms with van der Waals surface area (Å²) in [6.45, 7) is 5.95. The number of halogens is 2. The van der Waals surface area contributed by atoms with Crippen LogP contribution in [0.4, 0.5) is 14.5 Å². The molecule has 0 radical (unpaired) electrons. The average Bonchev–Trinajstić information content (AvgIpc) is 2.79. The first-order valence-electron chi connectivity index (χ1n) is 11.7. The van der Waals surface area contributed by atoms with E-state index in [2.05, 4.69) is 28.9 Å². The van der Waals surface area contributed by atoms with Crippen molar-refractivity contribution in [3.8, 4) is 5.75 Å². The Hall–Kier alpha value is -2.18. The van der Waals surface area contributed by atoms with Gasteiger partial charge in [0.1, 0.15) is 17.4 Å². The zero-order valence-corrected chi connectivity index (χ0v) is 19.3. The SMILES string of the molecule is CCCCOc1ccc(N(C)CCC2(O)CCN(CCc3ccc(F)cc3F)CC2)cc1. The zero-order chi connectivity index (χ0) is 23.0.